The Labute approximate surface area is 93.9 Å². The van der Waals surface area contributed by atoms with Crippen molar-refractivity contribution in [3.05, 3.63) is 29.8 Å². The summed E-state index contributed by atoms with van der Waals surface area (Å²) in [6, 6.07) is 6.71. The Morgan fingerprint density at radius 3 is 2.38 bits per heavy atom. The number of benzene rings is 1. The van der Waals surface area contributed by atoms with Crippen LogP contribution in [-0.2, 0) is 4.79 Å². The largest absolute Gasteiger partial charge is 0.493 e. The number of carbonyl (C=O) groups is 2. The molecule has 0 aliphatic rings. The van der Waals surface area contributed by atoms with Crippen LogP contribution in [0.15, 0.2) is 24.3 Å². The third kappa shape index (κ3) is 3.73. The van der Waals surface area contributed by atoms with E-state index in [2.05, 4.69) is 0 Å². The topological polar surface area (TPSA) is 63.6 Å². The van der Waals surface area contributed by atoms with Crippen LogP contribution in [0.3, 0.4) is 0 Å². The Kier molecular flexibility index (Phi) is 4.51. The van der Waals surface area contributed by atoms with E-state index in [1.165, 1.54) is 0 Å². The lowest BCUT2D eigenvalue weighted by Gasteiger charge is -2.04. The first-order valence-corrected chi connectivity index (χ1v) is 5.11. The van der Waals surface area contributed by atoms with Crippen LogP contribution in [0, 0.1) is 0 Å². The van der Waals surface area contributed by atoms with Crippen LogP contribution < -0.4 is 4.74 Å². The molecule has 0 atom stereocenters. The molecule has 0 saturated carbocycles. The van der Waals surface area contributed by atoms with Crippen LogP contribution in [0.25, 0.3) is 0 Å². The van der Waals surface area contributed by atoms with E-state index < -0.39 is 5.97 Å². The molecule has 0 heterocycles. The van der Waals surface area contributed by atoms with Gasteiger partial charge in [-0.05, 0) is 24.3 Å². The molecule has 0 spiro atoms. The molecule has 0 unspecified atom stereocenters. The molecule has 4 nitrogen and oxygen atoms in total. The van der Waals surface area contributed by atoms with Crippen molar-refractivity contribution in [2.45, 2.75) is 19.8 Å². The first-order valence-electron chi connectivity index (χ1n) is 5.11. The molecule has 86 valence electrons. The van der Waals surface area contributed by atoms with Gasteiger partial charge in [0.25, 0.3) is 0 Å². The van der Waals surface area contributed by atoms with Crippen LogP contribution in [0.5, 0.6) is 5.75 Å². The first kappa shape index (κ1) is 12.2. The Morgan fingerprint density at radius 1 is 1.25 bits per heavy atom. The number of hydrogen-bond acceptors (Lipinski definition) is 3. The Bertz CT molecular complexity index is 367. The minimum atomic E-state index is -0.891. The number of carboxylic acids is 1. The van der Waals surface area contributed by atoms with Crippen molar-refractivity contribution in [3.8, 4) is 5.75 Å². The van der Waals surface area contributed by atoms with Gasteiger partial charge in [0, 0.05) is 12.0 Å². The normalized spacial score (nSPS) is 9.81. The van der Waals surface area contributed by atoms with Crippen LogP contribution in [0.2, 0.25) is 0 Å². The van der Waals surface area contributed by atoms with E-state index in [1.54, 1.807) is 31.2 Å². The van der Waals surface area contributed by atoms with Crippen LogP contribution in [0.4, 0.5) is 0 Å². The van der Waals surface area contributed by atoms with Crippen molar-refractivity contribution >= 4 is 11.8 Å². The fraction of sp³-hybridized carbons (Fsp3) is 0.333. The number of carboxylic acid groups (broad SMARTS) is 1. The number of ether oxygens (including phenoxy) is 1. The first-order chi connectivity index (χ1) is 7.63. The maximum absolute atomic E-state index is 11.3. The maximum atomic E-state index is 11.3. The molecule has 16 heavy (non-hydrogen) atoms. The molecule has 0 fully saturated rings. The average molecular weight is 222 g/mol. The van der Waals surface area contributed by atoms with Crippen molar-refractivity contribution in [2.75, 3.05) is 6.61 Å². The number of rotatable bonds is 6. The molecule has 1 rings (SSSR count). The zero-order valence-electron chi connectivity index (χ0n) is 9.10. The predicted octanol–water partition coefficient (Wildman–Crippen LogP) is 2.13. The van der Waals surface area contributed by atoms with Crippen molar-refractivity contribution < 1.29 is 19.4 Å². The van der Waals surface area contributed by atoms with Gasteiger partial charge in [-0.15, -0.1) is 0 Å². The molecule has 0 radical (unpaired) electrons. The third-order valence-corrected chi connectivity index (χ3v) is 2.08. The summed E-state index contributed by atoms with van der Waals surface area (Å²) in [6.45, 7) is 1.94. The van der Waals surface area contributed by atoms with E-state index in [0.717, 1.165) is 0 Å². The fourth-order valence-electron chi connectivity index (χ4n) is 1.20. The van der Waals surface area contributed by atoms with E-state index in [4.69, 9.17) is 9.84 Å². The number of Topliss-reactive ketones (excluding diaryl/α,β-unsaturated/α-hetero) is 1. The lowest BCUT2D eigenvalue weighted by Crippen LogP contribution is -2.05. The monoisotopic (exact) mass is 222 g/mol. The van der Waals surface area contributed by atoms with Gasteiger partial charge < -0.3 is 9.84 Å². The molecule has 0 aliphatic heterocycles. The summed E-state index contributed by atoms with van der Waals surface area (Å²) in [7, 11) is 0. The van der Waals surface area contributed by atoms with Gasteiger partial charge in [-0.3, -0.25) is 9.59 Å². The predicted molar refractivity (Wildman–Crippen MR) is 58.8 cm³/mol. The van der Waals surface area contributed by atoms with Gasteiger partial charge in [0.2, 0.25) is 0 Å². The highest BCUT2D eigenvalue weighted by Gasteiger charge is 2.03. The van der Waals surface area contributed by atoms with Crippen molar-refractivity contribution in [1.82, 2.24) is 0 Å². The molecule has 0 aromatic heterocycles. The molecule has 1 N–H and O–H groups in total. The van der Waals surface area contributed by atoms with E-state index in [9.17, 15) is 9.59 Å². The molecule has 0 bridgehead atoms. The van der Waals surface area contributed by atoms with Gasteiger partial charge >= 0.3 is 5.97 Å². The van der Waals surface area contributed by atoms with Gasteiger partial charge in [0.1, 0.15) is 5.75 Å². The Balaban J connectivity index is 2.51. The zero-order chi connectivity index (χ0) is 12.0. The second-order valence-electron chi connectivity index (χ2n) is 3.29. The summed E-state index contributed by atoms with van der Waals surface area (Å²) in [5.74, 6) is -0.233. The summed E-state index contributed by atoms with van der Waals surface area (Å²) < 4.78 is 5.19. The highest BCUT2D eigenvalue weighted by atomic mass is 16.5. The maximum Gasteiger partial charge on any atom is 0.306 e. The van der Waals surface area contributed by atoms with Crippen molar-refractivity contribution in [1.29, 1.82) is 0 Å². The number of ketones is 1. The number of carbonyl (C=O) groups excluding carboxylic acids is 1. The summed E-state index contributed by atoms with van der Waals surface area (Å²) in [5.41, 5.74) is 0.646. The summed E-state index contributed by atoms with van der Waals surface area (Å²) in [6.07, 6.45) is 0.439. The zero-order valence-corrected chi connectivity index (χ0v) is 9.10. The summed E-state index contributed by atoms with van der Waals surface area (Å²) in [5, 5.41) is 8.42. The second kappa shape index (κ2) is 5.90. The van der Waals surface area contributed by atoms with Gasteiger partial charge in [-0.2, -0.15) is 0 Å². The third-order valence-electron chi connectivity index (χ3n) is 2.08. The van der Waals surface area contributed by atoms with E-state index in [0.29, 0.717) is 17.7 Å². The standard InChI is InChI=1S/C12H14O4/c1-2-11(13)9-3-5-10(6-4-9)16-8-7-12(14)15/h3-6H,2,7-8H2,1H3,(H,14,15). The van der Waals surface area contributed by atoms with Crippen LogP contribution >= 0.6 is 0 Å². The Hall–Kier alpha value is -1.84. The Morgan fingerprint density at radius 2 is 1.88 bits per heavy atom. The SMILES string of the molecule is CCC(=O)c1ccc(OCCC(=O)O)cc1. The highest BCUT2D eigenvalue weighted by Crippen LogP contribution is 2.13. The van der Waals surface area contributed by atoms with Gasteiger partial charge in [0.05, 0.1) is 13.0 Å². The van der Waals surface area contributed by atoms with Crippen LogP contribution in [0.1, 0.15) is 30.1 Å². The number of aliphatic carboxylic acids is 1. The van der Waals surface area contributed by atoms with Crippen LogP contribution in [-0.4, -0.2) is 23.5 Å². The fourth-order valence-corrected chi connectivity index (χ4v) is 1.20. The van der Waals surface area contributed by atoms with E-state index in [1.807, 2.05) is 0 Å². The van der Waals surface area contributed by atoms with E-state index >= 15 is 0 Å². The highest BCUT2D eigenvalue weighted by molar-refractivity contribution is 5.95. The van der Waals surface area contributed by atoms with Gasteiger partial charge in [-0.25, -0.2) is 0 Å². The molecule has 0 saturated heterocycles. The van der Waals surface area contributed by atoms with E-state index in [-0.39, 0.29) is 18.8 Å². The molecular weight excluding hydrogens is 208 g/mol. The average Bonchev–Trinajstić information content (AvgIpc) is 2.28. The minimum Gasteiger partial charge on any atom is -0.493 e. The molecular formula is C12H14O4. The summed E-state index contributed by atoms with van der Waals surface area (Å²) in [4.78, 5) is 21.6. The molecule has 1 aromatic rings. The lowest BCUT2D eigenvalue weighted by molar-refractivity contribution is -0.137. The lowest BCUT2D eigenvalue weighted by atomic mass is 10.1. The minimum absolute atomic E-state index is 0.0321. The summed E-state index contributed by atoms with van der Waals surface area (Å²) >= 11 is 0. The molecule has 1 aromatic carbocycles. The van der Waals surface area contributed by atoms with Gasteiger partial charge in [0.15, 0.2) is 5.78 Å². The number of hydrogen-bond donors (Lipinski definition) is 1. The quantitative estimate of drug-likeness (QED) is 0.749. The van der Waals surface area contributed by atoms with Crippen molar-refractivity contribution in [2.24, 2.45) is 0 Å². The van der Waals surface area contributed by atoms with Gasteiger partial charge in [-0.1, -0.05) is 6.92 Å². The van der Waals surface area contributed by atoms with Crippen molar-refractivity contribution in [3.63, 3.8) is 0 Å². The smallest absolute Gasteiger partial charge is 0.306 e. The molecule has 0 aliphatic carbocycles. The molecule has 4 heteroatoms. The molecule has 0 amide bonds. The second-order valence-corrected chi connectivity index (χ2v) is 3.29.